The normalized spacial score (nSPS) is 13.5. The van der Waals surface area contributed by atoms with Crippen molar-refractivity contribution in [1.29, 1.82) is 0 Å². The fraction of sp³-hybridized carbons (Fsp3) is 0.375. The first kappa shape index (κ1) is 40.4. The number of imide groups is 2. The summed E-state index contributed by atoms with van der Waals surface area (Å²) in [7, 11) is 0. The maximum absolute atomic E-state index is 10.9. The summed E-state index contributed by atoms with van der Waals surface area (Å²) in [5.74, 6) is -3.31. The minimum atomic E-state index is -0.924. The van der Waals surface area contributed by atoms with Gasteiger partial charge >= 0.3 is 217 Å². The molecule has 0 aromatic rings. The quantitative estimate of drug-likeness (QED) is 0.250. The van der Waals surface area contributed by atoms with Crippen molar-refractivity contribution in [2.75, 3.05) is 13.1 Å². The van der Waals surface area contributed by atoms with E-state index in [0.717, 1.165) is 9.80 Å². The van der Waals surface area contributed by atoms with Gasteiger partial charge in [0.25, 0.3) is 23.6 Å². The van der Waals surface area contributed by atoms with Crippen LogP contribution in [0.3, 0.4) is 0 Å². The molecular weight excluding hydrogens is 505 g/mol. The van der Waals surface area contributed by atoms with E-state index in [0.29, 0.717) is 12.8 Å². The molecule has 0 saturated carbocycles. The van der Waals surface area contributed by atoms with E-state index in [4.69, 9.17) is 10.2 Å². The van der Waals surface area contributed by atoms with Crippen molar-refractivity contribution in [1.82, 2.24) is 9.80 Å². The topological polar surface area (TPSA) is 149 Å². The fourth-order valence-corrected chi connectivity index (χ4v) is 2.08. The van der Waals surface area contributed by atoms with Gasteiger partial charge in [-0.05, 0) is 12.8 Å². The molecule has 0 aliphatic carbocycles. The summed E-state index contributed by atoms with van der Waals surface area (Å²) < 4.78 is 0. The van der Waals surface area contributed by atoms with Crippen molar-refractivity contribution in [2.45, 2.75) is 25.7 Å². The molecule has 2 rings (SSSR count). The number of aliphatic carboxylic acids is 2. The molecule has 0 bridgehead atoms. The molecule has 0 aromatic heterocycles. The van der Waals surface area contributed by atoms with Crippen LogP contribution in [-0.2, 0) is 28.8 Å². The number of hydrogen-bond donors (Lipinski definition) is 2. The fourth-order valence-electron chi connectivity index (χ4n) is 2.08. The van der Waals surface area contributed by atoms with Gasteiger partial charge in [-0.2, -0.15) is 0 Å². The first-order valence-corrected chi connectivity index (χ1v) is 7.73. The van der Waals surface area contributed by atoms with E-state index in [-0.39, 0.29) is 255 Å². The Kier molecular flexibility index (Phi) is 30.6. The Morgan fingerprint density at radius 3 is 1.03 bits per heavy atom. The molecule has 0 fully saturated rings. The van der Waals surface area contributed by atoms with Crippen molar-refractivity contribution in [3.8, 4) is 0 Å². The summed E-state index contributed by atoms with van der Waals surface area (Å²) in [6.45, 7) is 0.355. The van der Waals surface area contributed by atoms with Crippen molar-refractivity contribution >= 4 is 241 Å². The summed E-state index contributed by atoms with van der Waals surface area (Å²) in [5.41, 5.74) is 0. The van der Waals surface area contributed by atoms with E-state index in [2.05, 4.69) is 0 Å². The molecule has 0 spiro atoms. The molecule has 0 atom stereocenters. The Morgan fingerprint density at radius 2 is 0.833 bits per heavy atom. The van der Waals surface area contributed by atoms with Crippen LogP contribution >= 0.6 is 0 Å². The zero-order valence-corrected chi connectivity index (χ0v) is 13.8. The molecule has 4 amide bonds. The average molecular weight is 527 g/mol. The van der Waals surface area contributed by atoms with Crippen LogP contribution in [0.2, 0.25) is 0 Å². The molecule has 2 aliphatic heterocycles. The van der Waals surface area contributed by atoms with Crippen LogP contribution in [0.5, 0.6) is 0 Å². The molecule has 30 heavy (non-hydrogen) atoms. The second kappa shape index (κ2) is 22.7. The van der Waals surface area contributed by atoms with Crippen LogP contribution in [0.1, 0.15) is 25.7 Å². The number of rotatable bonds is 8. The standard InChI is InChI=1S/2C8H9NO4.4K.4H/c2*10-6-3-4-7(11)9(6)5-1-2-8(12)13;;;;;;;;/h2*3-4H,1-2,5H2,(H,12,13);;;;;;;;. The number of carbonyl (C=O) groups is 6. The van der Waals surface area contributed by atoms with Gasteiger partial charge in [0.15, 0.2) is 0 Å². The summed E-state index contributed by atoms with van der Waals surface area (Å²) >= 11 is 0. The van der Waals surface area contributed by atoms with E-state index in [1.807, 2.05) is 0 Å². The van der Waals surface area contributed by atoms with Crippen LogP contribution in [0.15, 0.2) is 24.3 Å². The molecular formula is C16H22K4N2O8. The van der Waals surface area contributed by atoms with Crippen LogP contribution in [0.4, 0.5) is 0 Å². The van der Waals surface area contributed by atoms with Gasteiger partial charge in [0, 0.05) is 50.2 Å². The monoisotopic (exact) mass is 526 g/mol. The zero-order chi connectivity index (χ0) is 19.7. The number of amides is 4. The predicted octanol–water partition coefficient (Wildman–Crippen LogP) is -3.04. The average Bonchev–Trinajstić information content (AvgIpc) is 3.04. The first-order valence-electron chi connectivity index (χ1n) is 7.73. The van der Waals surface area contributed by atoms with Gasteiger partial charge < -0.3 is 10.2 Å². The Bertz CT molecular complexity index is 603. The zero-order valence-electron chi connectivity index (χ0n) is 13.8. The first-order chi connectivity index (χ1) is 12.2. The van der Waals surface area contributed by atoms with Gasteiger partial charge in [-0.1, -0.05) is 0 Å². The van der Waals surface area contributed by atoms with Gasteiger partial charge in [0.05, 0.1) is 0 Å². The van der Waals surface area contributed by atoms with Crippen LogP contribution < -0.4 is 0 Å². The summed E-state index contributed by atoms with van der Waals surface area (Å²) in [6, 6.07) is 0. The number of nitrogens with zero attached hydrogens (tertiary/aromatic N) is 2. The number of carboxylic acids is 2. The Hall–Kier alpha value is 3.25. The van der Waals surface area contributed by atoms with Gasteiger partial charge in [-0.25, -0.2) is 0 Å². The third kappa shape index (κ3) is 16.8. The van der Waals surface area contributed by atoms with E-state index < -0.39 is 11.9 Å². The number of hydrogen-bond acceptors (Lipinski definition) is 6. The van der Waals surface area contributed by atoms with E-state index >= 15 is 0 Å². The van der Waals surface area contributed by atoms with Gasteiger partial charge in [0.2, 0.25) is 0 Å². The second-order valence-electron chi connectivity index (χ2n) is 5.32. The van der Waals surface area contributed by atoms with E-state index in [9.17, 15) is 28.8 Å². The SMILES string of the molecule is O=C(O)CCCN1C(=O)C=CC1=O.O=C(O)CCCN1C(=O)C=CC1=O.[KH].[KH].[KH].[KH]. The van der Waals surface area contributed by atoms with Crippen molar-refractivity contribution in [3.05, 3.63) is 24.3 Å². The second-order valence-corrected chi connectivity index (χ2v) is 5.32. The molecule has 2 heterocycles. The molecule has 0 unspecified atom stereocenters. The maximum atomic E-state index is 10.9. The Balaban J connectivity index is -0.000000199. The number of carboxylic acid groups (broad SMARTS) is 2. The molecule has 2 N–H and O–H groups in total. The summed E-state index contributed by atoms with van der Waals surface area (Å²) in [4.78, 5) is 66.1. The molecule has 0 radical (unpaired) electrons. The van der Waals surface area contributed by atoms with E-state index in [1.165, 1.54) is 24.3 Å². The Morgan fingerprint density at radius 1 is 0.600 bits per heavy atom. The molecule has 2 aliphatic rings. The van der Waals surface area contributed by atoms with E-state index in [1.54, 1.807) is 0 Å². The minimum absolute atomic E-state index is 0. The Labute approximate surface area is 344 Å². The molecule has 14 heteroatoms. The summed E-state index contributed by atoms with van der Waals surface area (Å²) in [6.07, 6.45) is 5.27. The molecule has 0 saturated heterocycles. The molecule has 148 valence electrons. The van der Waals surface area contributed by atoms with Gasteiger partial charge in [-0.15, -0.1) is 0 Å². The summed E-state index contributed by atoms with van der Waals surface area (Å²) in [5, 5.41) is 16.6. The third-order valence-corrected chi connectivity index (χ3v) is 3.35. The predicted molar refractivity (Wildman–Crippen MR) is 114 cm³/mol. The van der Waals surface area contributed by atoms with Gasteiger partial charge in [-0.3, -0.25) is 38.6 Å². The molecule has 10 nitrogen and oxygen atoms in total. The third-order valence-electron chi connectivity index (χ3n) is 3.35. The molecule has 0 aromatic carbocycles. The van der Waals surface area contributed by atoms with Crippen LogP contribution in [0, 0.1) is 0 Å². The van der Waals surface area contributed by atoms with Crippen LogP contribution in [0.25, 0.3) is 0 Å². The van der Waals surface area contributed by atoms with Crippen molar-refractivity contribution in [2.24, 2.45) is 0 Å². The van der Waals surface area contributed by atoms with Crippen molar-refractivity contribution < 1.29 is 39.0 Å². The van der Waals surface area contributed by atoms with Crippen molar-refractivity contribution in [3.63, 3.8) is 0 Å². The van der Waals surface area contributed by atoms with Crippen LogP contribution in [-0.4, -0.2) is 274 Å². The van der Waals surface area contributed by atoms with Gasteiger partial charge in [0.1, 0.15) is 0 Å². The number of carbonyl (C=O) groups excluding carboxylic acids is 4.